The van der Waals surface area contributed by atoms with Crippen LogP contribution in [0.5, 0.6) is 0 Å². The van der Waals surface area contributed by atoms with Crippen molar-refractivity contribution in [2.24, 2.45) is 22.2 Å². The first-order valence-electron chi connectivity index (χ1n) is 11.6. The molecule has 2 aliphatic heterocycles. The first-order valence-corrected chi connectivity index (χ1v) is 11.6. The molecule has 1 atom stereocenters. The quantitative estimate of drug-likeness (QED) is 0.588. The summed E-state index contributed by atoms with van der Waals surface area (Å²) >= 11 is 0. The van der Waals surface area contributed by atoms with Gasteiger partial charge in [-0.25, -0.2) is 4.39 Å². The third kappa shape index (κ3) is 6.31. The van der Waals surface area contributed by atoms with E-state index in [4.69, 9.17) is 5.73 Å². The lowest BCUT2D eigenvalue weighted by Gasteiger charge is -2.33. The van der Waals surface area contributed by atoms with Gasteiger partial charge in [-0.3, -0.25) is 19.4 Å². The fourth-order valence-electron chi connectivity index (χ4n) is 4.60. The zero-order valence-corrected chi connectivity index (χ0v) is 20.4. The van der Waals surface area contributed by atoms with Crippen molar-refractivity contribution in [2.45, 2.75) is 39.2 Å². The van der Waals surface area contributed by atoms with Gasteiger partial charge in [-0.1, -0.05) is 13.8 Å². The predicted molar refractivity (Wildman–Crippen MR) is 129 cm³/mol. The number of anilines is 1. The van der Waals surface area contributed by atoms with Crippen molar-refractivity contribution < 1.29 is 18.8 Å². The number of carbonyl (C=O) groups is 3. The molecule has 10 heteroatoms. The van der Waals surface area contributed by atoms with E-state index in [0.717, 1.165) is 6.54 Å². The Hall–Kier alpha value is -3.01. The van der Waals surface area contributed by atoms with Crippen molar-refractivity contribution in [1.82, 2.24) is 15.1 Å². The number of hydrogen-bond donors (Lipinski definition) is 2. The number of benzene rings is 1. The van der Waals surface area contributed by atoms with E-state index in [9.17, 15) is 18.8 Å². The highest BCUT2D eigenvalue weighted by atomic mass is 19.1. The molecule has 3 rings (SSSR count). The number of hydrazone groups is 1. The van der Waals surface area contributed by atoms with Gasteiger partial charge in [-0.15, -0.1) is 0 Å². The van der Waals surface area contributed by atoms with E-state index in [2.05, 4.69) is 29.2 Å². The lowest BCUT2D eigenvalue weighted by atomic mass is 9.91. The minimum absolute atomic E-state index is 0.0217. The molecule has 1 unspecified atom stereocenters. The molecule has 1 aromatic carbocycles. The van der Waals surface area contributed by atoms with Gasteiger partial charge in [0.15, 0.2) is 0 Å². The molecule has 0 radical (unpaired) electrons. The first-order chi connectivity index (χ1) is 16.0. The lowest BCUT2D eigenvalue weighted by molar-refractivity contribution is -0.131. The van der Waals surface area contributed by atoms with E-state index in [1.165, 1.54) is 29.3 Å². The van der Waals surface area contributed by atoms with Gasteiger partial charge in [0.25, 0.3) is 5.91 Å². The number of nitrogens with two attached hydrogens (primary N) is 1. The van der Waals surface area contributed by atoms with Crippen molar-refractivity contribution in [3.63, 3.8) is 0 Å². The van der Waals surface area contributed by atoms with E-state index in [-0.39, 0.29) is 35.3 Å². The number of nitrogens with zero attached hydrogens (tertiary/aromatic N) is 4. The van der Waals surface area contributed by atoms with Crippen LogP contribution in [0.25, 0.3) is 0 Å². The number of nitrogens with one attached hydrogen (secondary N) is 1. The summed E-state index contributed by atoms with van der Waals surface area (Å²) in [5.74, 6) is -1.40. The molecule has 1 saturated heterocycles. The highest BCUT2D eigenvalue weighted by molar-refractivity contribution is 6.40. The molecule has 2 heterocycles. The minimum Gasteiger partial charge on any atom is -0.368 e. The van der Waals surface area contributed by atoms with Gasteiger partial charge in [0.1, 0.15) is 17.6 Å². The standard InChI is InChI=1S/C24H35FN6O3/c1-24(2,15-29(3)4)14-27-22(33)16-9-11-30(12-10-16)23(34)19-13-20(21(26)32)31(28-19)18-7-5-17(25)6-8-18/h5-8,16,20H,9-15H2,1-4H3,(H2,26,32)(H,27,33). The van der Waals surface area contributed by atoms with Crippen LogP contribution in [0, 0.1) is 17.2 Å². The number of primary amides is 1. The van der Waals surface area contributed by atoms with Crippen molar-refractivity contribution in [1.29, 1.82) is 0 Å². The fourth-order valence-corrected chi connectivity index (χ4v) is 4.60. The summed E-state index contributed by atoms with van der Waals surface area (Å²) in [6.45, 7) is 6.57. The van der Waals surface area contributed by atoms with Crippen molar-refractivity contribution >= 4 is 29.1 Å². The molecule has 0 aromatic heterocycles. The summed E-state index contributed by atoms with van der Waals surface area (Å²) in [5.41, 5.74) is 6.22. The summed E-state index contributed by atoms with van der Waals surface area (Å²) in [5, 5.41) is 8.80. The lowest BCUT2D eigenvalue weighted by Crippen LogP contribution is -2.47. The van der Waals surface area contributed by atoms with Crippen LogP contribution in [-0.4, -0.2) is 79.5 Å². The summed E-state index contributed by atoms with van der Waals surface area (Å²) in [7, 11) is 4.02. The number of amides is 3. The molecule has 1 aromatic rings. The van der Waals surface area contributed by atoms with Crippen molar-refractivity contribution in [3.8, 4) is 0 Å². The molecule has 3 N–H and O–H groups in total. The molecule has 0 saturated carbocycles. The summed E-state index contributed by atoms with van der Waals surface area (Å²) in [6, 6.07) is 4.71. The molecule has 3 amide bonds. The van der Waals surface area contributed by atoms with E-state index in [1.807, 2.05) is 14.1 Å². The van der Waals surface area contributed by atoms with E-state index in [0.29, 0.717) is 38.2 Å². The van der Waals surface area contributed by atoms with Gasteiger partial charge in [-0.2, -0.15) is 5.10 Å². The number of rotatable bonds is 8. The minimum atomic E-state index is -0.807. The molecule has 0 bridgehead atoms. The van der Waals surface area contributed by atoms with E-state index < -0.39 is 17.8 Å². The highest BCUT2D eigenvalue weighted by Crippen LogP contribution is 2.27. The number of carbonyl (C=O) groups excluding carboxylic acids is 3. The Morgan fingerprint density at radius 1 is 1.18 bits per heavy atom. The maximum Gasteiger partial charge on any atom is 0.270 e. The summed E-state index contributed by atoms with van der Waals surface area (Å²) in [6.07, 6.45) is 1.23. The normalized spacial score (nSPS) is 19.4. The van der Waals surface area contributed by atoms with Gasteiger partial charge in [-0.05, 0) is 56.6 Å². The SMILES string of the molecule is CN(C)CC(C)(C)CNC(=O)C1CCN(C(=O)C2=NN(c3ccc(F)cc3)C(C(N)=O)C2)CC1. The number of hydrogen-bond acceptors (Lipinski definition) is 6. The van der Waals surface area contributed by atoms with E-state index >= 15 is 0 Å². The van der Waals surface area contributed by atoms with Crippen LogP contribution in [-0.2, 0) is 14.4 Å². The van der Waals surface area contributed by atoms with Gasteiger partial charge in [0.05, 0.1) is 5.69 Å². The predicted octanol–water partition coefficient (Wildman–Crippen LogP) is 1.19. The molecular weight excluding hydrogens is 439 g/mol. The van der Waals surface area contributed by atoms with Crippen LogP contribution in [0.4, 0.5) is 10.1 Å². The average molecular weight is 475 g/mol. The van der Waals surface area contributed by atoms with Crippen LogP contribution in [0.3, 0.4) is 0 Å². The molecule has 9 nitrogen and oxygen atoms in total. The summed E-state index contributed by atoms with van der Waals surface area (Å²) in [4.78, 5) is 41.5. The van der Waals surface area contributed by atoms with Crippen LogP contribution >= 0.6 is 0 Å². The first kappa shape index (κ1) is 25.6. The Bertz CT molecular complexity index is 939. The van der Waals surface area contributed by atoms with Gasteiger partial charge in [0, 0.05) is 38.5 Å². The molecule has 1 fully saturated rings. The van der Waals surface area contributed by atoms with Crippen LogP contribution in [0.1, 0.15) is 33.1 Å². The van der Waals surface area contributed by atoms with Crippen molar-refractivity contribution in [2.75, 3.05) is 45.3 Å². The van der Waals surface area contributed by atoms with Crippen LogP contribution < -0.4 is 16.1 Å². The smallest absolute Gasteiger partial charge is 0.270 e. The van der Waals surface area contributed by atoms with E-state index in [1.54, 1.807) is 4.90 Å². The summed E-state index contributed by atoms with van der Waals surface area (Å²) < 4.78 is 13.3. The second kappa shape index (κ2) is 10.5. The molecule has 2 aliphatic rings. The zero-order chi connectivity index (χ0) is 25.0. The zero-order valence-electron chi connectivity index (χ0n) is 20.4. The molecule has 34 heavy (non-hydrogen) atoms. The third-order valence-corrected chi connectivity index (χ3v) is 6.22. The van der Waals surface area contributed by atoms with Gasteiger partial charge >= 0.3 is 0 Å². The number of halogens is 1. The van der Waals surface area contributed by atoms with Crippen LogP contribution in [0.2, 0.25) is 0 Å². The number of piperidine rings is 1. The van der Waals surface area contributed by atoms with Crippen LogP contribution in [0.15, 0.2) is 29.4 Å². The highest BCUT2D eigenvalue weighted by Gasteiger charge is 2.38. The molecule has 0 spiro atoms. The Balaban J connectivity index is 1.57. The molecule has 186 valence electrons. The average Bonchev–Trinajstić information content (AvgIpc) is 3.23. The number of likely N-dealkylation sites (tertiary alicyclic amines) is 1. The van der Waals surface area contributed by atoms with Crippen molar-refractivity contribution in [3.05, 3.63) is 30.1 Å². The Morgan fingerprint density at radius 3 is 2.35 bits per heavy atom. The topological polar surface area (TPSA) is 111 Å². The maximum absolute atomic E-state index is 13.3. The Kier molecular flexibility index (Phi) is 7.91. The fraction of sp³-hybridized carbons (Fsp3) is 0.583. The Labute approximate surface area is 200 Å². The van der Waals surface area contributed by atoms with Gasteiger partial charge in [0.2, 0.25) is 11.8 Å². The largest absolute Gasteiger partial charge is 0.368 e. The second-order valence-electron chi connectivity index (χ2n) is 10.2. The third-order valence-electron chi connectivity index (χ3n) is 6.22. The van der Waals surface area contributed by atoms with Gasteiger partial charge < -0.3 is 20.9 Å². The second-order valence-corrected chi connectivity index (χ2v) is 10.2. The Morgan fingerprint density at radius 2 is 1.79 bits per heavy atom. The molecular formula is C24H35FN6O3. The monoisotopic (exact) mass is 474 g/mol. The maximum atomic E-state index is 13.3. The molecule has 0 aliphatic carbocycles.